The molecule has 0 aliphatic carbocycles. The third kappa shape index (κ3) is 5.70. The number of hydrogen-bond acceptors (Lipinski definition) is 2. The number of hydrogen-bond donors (Lipinski definition) is 2. The monoisotopic (exact) mass is 458 g/mol. The maximum absolute atomic E-state index is 13.0. The molecule has 0 aliphatic heterocycles. The lowest BCUT2D eigenvalue weighted by atomic mass is 10.1. The first-order valence-corrected chi connectivity index (χ1v) is 9.22. The van der Waals surface area contributed by atoms with Crippen molar-refractivity contribution in [1.82, 2.24) is 4.57 Å². The van der Waals surface area contributed by atoms with Crippen LogP contribution in [0, 0.1) is 13.8 Å². The highest BCUT2D eigenvalue weighted by Gasteiger charge is 2.34. The average Bonchev–Trinajstić information content (AvgIpc) is 3.01. The Balaban J connectivity index is 0.000000258. The second kappa shape index (κ2) is 9.47. The molecular weight excluding hydrogens is 438 g/mol. The lowest BCUT2D eigenvalue weighted by molar-refractivity contribution is -0.138. The number of nitrogens with zero attached hydrogens (tertiary/aromatic N) is 1. The molecule has 0 atom stereocenters. The minimum atomic E-state index is -4.50. The van der Waals surface area contributed by atoms with Gasteiger partial charge in [0.15, 0.2) is 0 Å². The zero-order valence-electron chi connectivity index (χ0n) is 17.1. The van der Waals surface area contributed by atoms with E-state index in [-0.39, 0.29) is 23.5 Å². The van der Waals surface area contributed by atoms with Crippen LogP contribution in [0.4, 0.5) is 26.3 Å². The van der Waals surface area contributed by atoms with Crippen molar-refractivity contribution in [3.8, 4) is 5.69 Å². The van der Waals surface area contributed by atoms with Crippen LogP contribution in [0.25, 0.3) is 5.69 Å². The van der Waals surface area contributed by atoms with E-state index < -0.39 is 29.4 Å². The van der Waals surface area contributed by atoms with E-state index in [2.05, 4.69) is 0 Å². The van der Waals surface area contributed by atoms with Crippen LogP contribution in [0.15, 0.2) is 54.6 Å². The van der Waals surface area contributed by atoms with Gasteiger partial charge in [-0.1, -0.05) is 24.3 Å². The Kier molecular flexibility index (Phi) is 7.40. The molecule has 3 aromatic rings. The summed E-state index contributed by atoms with van der Waals surface area (Å²) in [6.07, 6.45) is -8.75. The van der Waals surface area contributed by atoms with Crippen LogP contribution in [0.1, 0.15) is 38.4 Å². The number of carboxylic acid groups (broad SMARTS) is 1. The molecule has 1 aromatic heterocycles. The molecule has 2 aromatic carbocycles. The van der Waals surface area contributed by atoms with Crippen LogP contribution in [-0.2, 0) is 18.9 Å². The standard InChI is InChI=1S/C14H12F3NO2.C8H8F3N/c1-8-7-10(13(19)20)9(2)18(8)12-6-4-3-5-11(12)14(15,16)17;9-8(10,11)7-3-1-6(5-12)2-4-7/h3-7H,1-2H3,(H,19,20);1-4H,5,12H2. The number of aryl methyl sites for hydroxylation is 1. The number of carbonyl (C=O) groups is 1. The molecule has 3 N–H and O–H groups in total. The van der Waals surface area contributed by atoms with Gasteiger partial charge < -0.3 is 15.4 Å². The van der Waals surface area contributed by atoms with Crippen molar-refractivity contribution in [2.24, 2.45) is 5.73 Å². The molecule has 3 rings (SSSR count). The summed E-state index contributed by atoms with van der Waals surface area (Å²) in [4.78, 5) is 11.1. The molecule has 0 fully saturated rings. The molecule has 0 radical (unpaired) electrons. The van der Waals surface area contributed by atoms with Crippen LogP contribution >= 0.6 is 0 Å². The van der Waals surface area contributed by atoms with E-state index in [9.17, 15) is 31.1 Å². The predicted octanol–water partition coefficient (Wildman–Crippen LogP) is 5.98. The Morgan fingerprint density at radius 1 is 0.938 bits per heavy atom. The number of nitrogens with two attached hydrogens (primary N) is 1. The highest BCUT2D eigenvalue weighted by Crippen LogP contribution is 2.35. The molecule has 4 nitrogen and oxygen atoms in total. The summed E-state index contributed by atoms with van der Waals surface area (Å²) in [6, 6.07) is 11.3. The first-order chi connectivity index (χ1) is 14.8. The fraction of sp³-hybridized carbons (Fsp3) is 0.227. The number of halogens is 6. The maximum atomic E-state index is 13.0. The number of rotatable bonds is 3. The van der Waals surface area contributed by atoms with E-state index in [0.29, 0.717) is 11.3 Å². The predicted molar refractivity (Wildman–Crippen MR) is 107 cm³/mol. The van der Waals surface area contributed by atoms with Crippen molar-refractivity contribution in [1.29, 1.82) is 0 Å². The SMILES string of the molecule is Cc1cc(C(=O)O)c(C)n1-c1ccccc1C(F)(F)F.NCc1ccc(C(F)(F)F)cc1. The van der Waals surface area contributed by atoms with Gasteiger partial charge in [-0.3, -0.25) is 0 Å². The molecule has 0 bridgehead atoms. The van der Waals surface area contributed by atoms with Gasteiger partial charge in [-0.05, 0) is 49.7 Å². The van der Waals surface area contributed by atoms with Gasteiger partial charge in [0.25, 0.3) is 0 Å². The minimum Gasteiger partial charge on any atom is -0.478 e. The second-order valence-corrected chi connectivity index (χ2v) is 6.84. The van der Waals surface area contributed by atoms with Crippen LogP contribution < -0.4 is 5.73 Å². The highest BCUT2D eigenvalue weighted by molar-refractivity contribution is 5.89. The van der Waals surface area contributed by atoms with Crippen molar-refractivity contribution in [3.05, 3.63) is 88.2 Å². The Hall–Kier alpha value is -3.27. The molecule has 172 valence electrons. The fourth-order valence-electron chi connectivity index (χ4n) is 3.09. The highest BCUT2D eigenvalue weighted by atomic mass is 19.4. The molecule has 0 saturated carbocycles. The van der Waals surface area contributed by atoms with Gasteiger partial charge >= 0.3 is 18.3 Å². The van der Waals surface area contributed by atoms with Crippen LogP contribution in [-0.4, -0.2) is 15.6 Å². The molecule has 0 spiro atoms. The van der Waals surface area contributed by atoms with Gasteiger partial charge in [0.1, 0.15) is 0 Å². The molecule has 1 heterocycles. The lowest BCUT2D eigenvalue weighted by Crippen LogP contribution is -2.12. The summed E-state index contributed by atoms with van der Waals surface area (Å²) < 4.78 is 76.4. The van der Waals surface area contributed by atoms with Crippen molar-refractivity contribution < 1.29 is 36.2 Å². The van der Waals surface area contributed by atoms with Crippen molar-refractivity contribution >= 4 is 5.97 Å². The molecule has 32 heavy (non-hydrogen) atoms. The zero-order valence-corrected chi connectivity index (χ0v) is 17.1. The Morgan fingerprint density at radius 3 is 1.94 bits per heavy atom. The molecule has 0 unspecified atom stereocenters. The molecule has 0 amide bonds. The molecule has 10 heteroatoms. The third-order valence-electron chi connectivity index (χ3n) is 4.63. The van der Waals surface area contributed by atoms with Crippen molar-refractivity contribution in [2.75, 3.05) is 0 Å². The molecular formula is C22H20F6N2O2. The minimum absolute atomic E-state index is 0.000484. The fourth-order valence-corrected chi connectivity index (χ4v) is 3.09. The van der Waals surface area contributed by atoms with E-state index >= 15 is 0 Å². The quantitative estimate of drug-likeness (QED) is 0.475. The zero-order chi connectivity index (χ0) is 24.3. The van der Waals surface area contributed by atoms with Crippen molar-refractivity contribution in [3.63, 3.8) is 0 Å². The van der Waals surface area contributed by atoms with E-state index in [0.717, 1.165) is 18.2 Å². The number of carboxylic acids is 1. The first-order valence-electron chi connectivity index (χ1n) is 9.22. The van der Waals surface area contributed by atoms with Crippen LogP contribution in [0.2, 0.25) is 0 Å². The first kappa shape index (κ1) is 25.0. The van der Waals surface area contributed by atoms with Gasteiger partial charge in [0.2, 0.25) is 0 Å². The summed E-state index contributed by atoms with van der Waals surface area (Å²) in [5.41, 5.74) is 5.14. The third-order valence-corrected chi connectivity index (χ3v) is 4.63. The Labute approximate surface area is 179 Å². The van der Waals surface area contributed by atoms with Crippen molar-refractivity contribution in [2.45, 2.75) is 32.7 Å². The smallest absolute Gasteiger partial charge is 0.418 e. The number of aromatic carboxylic acids is 1. The Morgan fingerprint density at radius 2 is 1.50 bits per heavy atom. The average molecular weight is 458 g/mol. The van der Waals surface area contributed by atoms with E-state index in [1.54, 1.807) is 6.92 Å². The van der Waals surface area contributed by atoms with E-state index in [1.165, 1.54) is 47.9 Å². The second-order valence-electron chi connectivity index (χ2n) is 6.84. The van der Waals surface area contributed by atoms with Crippen LogP contribution in [0.3, 0.4) is 0 Å². The number of para-hydroxylation sites is 1. The van der Waals surface area contributed by atoms with Gasteiger partial charge in [-0.2, -0.15) is 26.3 Å². The Bertz CT molecular complexity index is 1080. The maximum Gasteiger partial charge on any atom is 0.418 e. The largest absolute Gasteiger partial charge is 0.478 e. The summed E-state index contributed by atoms with van der Waals surface area (Å²) in [5, 5.41) is 9.04. The normalized spacial score (nSPS) is 11.7. The topological polar surface area (TPSA) is 68.2 Å². The van der Waals surface area contributed by atoms with E-state index in [1.807, 2.05) is 0 Å². The number of alkyl halides is 6. The van der Waals surface area contributed by atoms with E-state index in [4.69, 9.17) is 10.8 Å². The van der Waals surface area contributed by atoms with Gasteiger partial charge in [0, 0.05) is 17.9 Å². The lowest BCUT2D eigenvalue weighted by Gasteiger charge is -2.16. The van der Waals surface area contributed by atoms with Gasteiger partial charge in [-0.15, -0.1) is 0 Å². The van der Waals surface area contributed by atoms with Crippen LogP contribution in [0.5, 0.6) is 0 Å². The summed E-state index contributed by atoms with van der Waals surface area (Å²) >= 11 is 0. The number of benzene rings is 2. The van der Waals surface area contributed by atoms with Gasteiger partial charge in [-0.25, -0.2) is 4.79 Å². The summed E-state index contributed by atoms with van der Waals surface area (Å²) in [5.74, 6) is -1.16. The molecule has 0 aliphatic rings. The number of aromatic nitrogens is 1. The van der Waals surface area contributed by atoms with Gasteiger partial charge in [0.05, 0.1) is 22.4 Å². The molecule has 0 saturated heterocycles. The summed E-state index contributed by atoms with van der Waals surface area (Å²) in [6.45, 7) is 3.33. The summed E-state index contributed by atoms with van der Waals surface area (Å²) in [7, 11) is 0.